The second-order valence-electron chi connectivity index (χ2n) is 5.46. The number of benzene rings is 2. The molecule has 0 saturated heterocycles. The zero-order valence-electron chi connectivity index (χ0n) is 11.8. The lowest BCUT2D eigenvalue weighted by Crippen LogP contribution is -2.12. The van der Waals surface area contributed by atoms with Crippen LogP contribution in [0.2, 0.25) is 0 Å². The van der Waals surface area contributed by atoms with Crippen molar-refractivity contribution in [3.63, 3.8) is 0 Å². The van der Waals surface area contributed by atoms with Gasteiger partial charge in [0.05, 0.1) is 0 Å². The smallest absolute Gasteiger partial charge is 0.0156 e. The van der Waals surface area contributed by atoms with Crippen molar-refractivity contribution in [2.45, 2.75) is 19.3 Å². The van der Waals surface area contributed by atoms with Gasteiger partial charge in [-0.2, -0.15) is 0 Å². The average molecular weight is 260 g/mol. The first-order valence-electron chi connectivity index (χ1n) is 7.36. The Morgan fingerprint density at radius 3 is 2.10 bits per heavy atom. The summed E-state index contributed by atoms with van der Waals surface area (Å²) in [6.07, 6.45) is 8.25. The summed E-state index contributed by atoms with van der Waals surface area (Å²) in [6, 6.07) is 19.4. The third-order valence-electron chi connectivity index (χ3n) is 4.15. The largest absolute Gasteiger partial charge is 0.0985 e. The summed E-state index contributed by atoms with van der Waals surface area (Å²) in [5.41, 5.74) is 5.31. The first-order chi connectivity index (χ1) is 9.86. The van der Waals surface area contributed by atoms with Gasteiger partial charge in [-0.15, -0.1) is 0 Å². The Bertz CT molecular complexity index is 598. The molecular formula is C20H20. The molecule has 0 heteroatoms. The zero-order chi connectivity index (χ0) is 13.8. The summed E-state index contributed by atoms with van der Waals surface area (Å²) < 4.78 is 0. The van der Waals surface area contributed by atoms with Crippen LogP contribution in [0.15, 0.2) is 61.2 Å². The van der Waals surface area contributed by atoms with Crippen molar-refractivity contribution < 1.29 is 0 Å². The Morgan fingerprint density at radius 2 is 1.55 bits per heavy atom. The maximum Gasteiger partial charge on any atom is -0.0156 e. The van der Waals surface area contributed by atoms with Crippen molar-refractivity contribution in [2.24, 2.45) is 5.92 Å². The normalized spacial score (nSPS) is 15.7. The summed E-state index contributed by atoms with van der Waals surface area (Å²) in [6.45, 7) is 3.80. The van der Waals surface area contributed by atoms with Gasteiger partial charge in [-0.1, -0.05) is 79.7 Å². The van der Waals surface area contributed by atoms with Crippen molar-refractivity contribution in [1.82, 2.24) is 0 Å². The molecule has 0 aromatic heterocycles. The molecule has 2 aromatic carbocycles. The molecule has 0 bridgehead atoms. The van der Waals surface area contributed by atoms with E-state index >= 15 is 0 Å². The molecule has 1 aliphatic carbocycles. The maximum absolute atomic E-state index is 3.80. The first kappa shape index (κ1) is 12.9. The van der Waals surface area contributed by atoms with Crippen LogP contribution in [0.5, 0.6) is 0 Å². The molecule has 1 fully saturated rings. The third-order valence-corrected chi connectivity index (χ3v) is 4.15. The van der Waals surface area contributed by atoms with E-state index in [9.17, 15) is 0 Å². The summed E-state index contributed by atoms with van der Waals surface area (Å²) >= 11 is 0. The Labute approximate surface area is 121 Å². The van der Waals surface area contributed by atoms with Crippen LogP contribution in [-0.2, 0) is 0 Å². The minimum atomic E-state index is 0.733. The van der Waals surface area contributed by atoms with Gasteiger partial charge in [0.1, 0.15) is 0 Å². The standard InChI is InChI=1S/C20H20/c1-2-16-11-13-17(14-12-16)15-20(19-9-6-10-19)18-7-4-3-5-8-18/h2-5,7-8,11-15,19H,1,6,9-10H2. The van der Waals surface area contributed by atoms with Gasteiger partial charge in [-0.3, -0.25) is 0 Å². The summed E-state index contributed by atoms with van der Waals surface area (Å²) in [4.78, 5) is 0. The highest BCUT2D eigenvalue weighted by atomic mass is 14.3. The fraction of sp³-hybridized carbons (Fsp3) is 0.200. The third kappa shape index (κ3) is 2.75. The van der Waals surface area contributed by atoms with E-state index in [4.69, 9.17) is 0 Å². The fourth-order valence-electron chi connectivity index (χ4n) is 2.69. The van der Waals surface area contributed by atoms with Gasteiger partial charge in [-0.25, -0.2) is 0 Å². The van der Waals surface area contributed by atoms with E-state index in [0.29, 0.717) is 0 Å². The molecule has 3 rings (SSSR count). The molecule has 0 spiro atoms. The van der Waals surface area contributed by atoms with Crippen LogP contribution in [0.25, 0.3) is 17.7 Å². The Hall–Kier alpha value is -2.08. The molecule has 20 heavy (non-hydrogen) atoms. The Morgan fingerprint density at radius 1 is 0.900 bits per heavy atom. The molecule has 100 valence electrons. The molecule has 0 atom stereocenters. The predicted molar refractivity (Wildman–Crippen MR) is 88.2 cm³/mol. The van der Waals surface area contributed by atoms with Crippen LogP contribution < -0.4 is 0 Å². The van der Waals surface area contributed by atoms with E-state index in [1.54, 1.807) is 0 Å². The van der Waals surface area contributed by atoms with Crippen molar-refractivity contribution in [1.29, 1.82) is 0 Å². The van der Waals surface area contributed by atoms with E-state index in [1.807, 2.05) is 6.08 Å². The molecule has 0 aliphatic heterocycles. The lowest BCUT2D eigenvalue weighted by molar-refractivity contribution is 0.401. The van der Waals surface area contributed by atoms with Crippen molar-refractivity contribution in [3.8, 4) is 0 Å². The molecule has 0 heterocycles. The highest BCUT2D eigenvalue weighted by Gasteiger charge is 2.22. The van der Waals surface area contributed by atoms with Crippen molar-refractivity contribution in [3.05, 3.63) is 77.9 Å². The number of allylic oxidation sites excluding steroid dienone is 1. The molecule has 0 unspecified atom stereocenters. The van der Waals surface area contributed by atoms with Gasteiger partial charge >= 0.3 is 0 Å². The van der Waals surface area contributed by atoms with Crippen molar-refractivity contribution >= 4 is 17.7 Å². The quantitative estimate of drug-likeness (QED) is 0.621. The van der Waals surface area contributed by atoms with E-state index in [2.05, 4.69) is 67.3 Å². The van der Waals surface area contributed by atoms with E-state index in [0.717, 1.165) is 5.92 Å². The van der Waals surface area contributed by atoms with E-state index in [-0.39, 0.29) is 0 Å². The Kier molecular flexibility index (Phi) is 3.83. The van der Waals surface area contributed by atoms with Crippen LogP contribution in [-0.4, -0.2) is 0 Å². The highest BCUT2D eigenvalue weighted by molar-refractivity contribution is 5.83. The minimum absolute atomic E-state index is 0.733. The molecule has 1 saturated carbocycles. The van der Waals surface area contributed by atoms with Crippen molar-refractivity contribution in [2.75, 3.05) is 0 Å². The first-order valence-corrected chi connectivity index (χ1v) is 7.36. The Balaban J connectivity index is 1.95. The number of hydrogen-bond acceptors (Lipinski definition) is 0. The number of hydrogen-bond donors (Lipinski definition) is 0. The number of rotatable bonds is 4. The minimum Gasteiger partial charge on any atom is -0.0985 e. The molecule has 0 N–H and O–H groups in total. The average Bonchev–Trinajstić information content (AvgIpc) is 2.46. The summed E-state index contributed by atoms with van der Waals surface area (Å²) in [5, 5.41) is 0. The van der Waals surface area contributed by atoms with Gasteiger partial charge < -0.3 is 0 Å². The van der Waals surface area contributed by atoms with Crippen LogP contribution in [0.1, 0.15) is 36.0 Å². The molecular weight excluding hydrogens is 240 g/mol. The summed E-state index contributed by atoms with van der Waals surface area (Å²) in [7, 11) is 0. The maximum atomic E-state index is 3.80. The fourth-order valence-corrected chi connectivity index (χ4v) is 2.69. The zero-order valence-corrected chi connectivity index (χ0v) is 11.8. The van der Waals surface area contributed by atoms with E-state index < -0.39 is 0 Å². The van der Waals surface area contributed by atoms with E-state index in [1.165, 1.54) is 41.5 Å². The highest BCUT2D eigenvalue weighted by Crippen LogP contribution is 2.39. The van der Waals surface area contributed by atoms with Crippen LogP contribution in [0.3, 0.4) is 0 Å². The van der Waals surface area contributed by atoms with Gasteiger partial charge in [0.15, 0.2) is 0 Å². The monoisotopic (exact) mass is 260 g/mol. The second-order valence-corrected chi connectivity index (χ2v) is 5.46. The summed E-state index contributed by atoms with van der Waals surface area (Å²) in [5.74, 6) is 0.733. The molecule has 1 aliphatic rings. The predicted octanol–water partition coefficient (Wildman–Crippen LogP) is 5.67. The second kappa shape index (κ2) is 5.92. The lowest BCUT2D eigenvalue weighted by Gasteiger charge is -2.28. The van der Waals surface area contributed by atoms with Gasteiger partial charge in [0.2, 0.25) is 0 Å². The van der Waals surface area contributed by atoms with Crippen LogP contribution in [0, 0.1) is 5.92 Å². The topological polar surface area (TPSA) is 0 Å². The molecule has 0 radical (unpaired) electrons. The lowest BCUT2D eigenvalue weighted by atomic mass is 9.76. The molecule has 2 aromatic rings. The SMILES string of the molecule is C=Cc1ccc(C=C(c2ccccc2)C2CCC2)cc1. The molecule has 0 nitrogen and oxygen atoms in total. The van der Waals surface area contributed by atoms with Crippen LogP contribution >= 0.6 is 0 Å². The van der Waals surface area contributed by atoms with Gasteiger partial charge in [-0.05, 0) is 41.0 Å². The van der Waals surface area contributed by atoms with Gasteiger partial charge in [0.25, 0.3) is 0 Å². The van der Waals surface area contributed by atoms with Gasteiger partial charge in [0, 0.05) is 0 Å². The van der Waals surface area contributed by atoms with Crippen LogP contribution in [0.4, 0.5) is 0 Å². The molecule has 0 amide bonds.